The van der Waals surface area contributed by atoms with Gasteiger partial charge in [0.25, 0.3) is 5.91 Å². The molecule has 0 aromatic heterocycles. The predicted molar refractivity (Wildman–Crippen MR) is 80.0 cm³/mol. The van der Waals surface area contributed by atoms with Gasteiger partial charge in [0.1, 0.15) is 12.2 Å². The lowest BCUT2D eigenvalue weighted by atomic mass is 9.96. The number of carbonyl (C=O) groups is 2. The molecule has 0 atom stereocenters. The Labute approximate surface area is 129 Å². The van der Waals surface area contributed by atoms with Gasteiger partial charge in [-0.2, -0.15) is 5.26 Å². The second-order valence-electron chi connectivity index (χ2n) is 5.42. The van der Waals surface area contributed by atoms with Gasteiger partial charge in [-0.25, -0.2) is 0 Å². The molecule has 1 saturated heterocycles. The number of amides is 2. The first-order valence-corrected chi connectivity index (χ1v) is 7.32. The van der Waals surface area contributed by atoms with Gasteiger partial charge in [-0.1, -0.05) is 6.07 Å². The number of rotatable bonds is 4. The lowest BCUT2D eigenvalue weighted by Gasteiger charge is -2.31. The standard InChI is InChI=1S/C16H19N3O3/c17-7-4-15(21)19-8-5-12(6-9-19)11-18-16(22)13-2-1-3-14(20)10-13/h1-3,10,12,20H,4-6,8-9,11H2,(H,18,22). The molecule has 1 fully saturated rings. The molecule has 22 heavy (non-hydrogen) atoms. The zero-order valence-corrected chi connectivity index (χ0v) is 12.3. The number of nitrogens with one attached hydrogen (secondary N) is 1. The van der Waals surface area contributed by atoms with E-state index in [1.807, 2.05) is 6.07 Å². The van der Waals surface area contributed by atoms with E-state index in [0.717, 1.165) is 12.8 Å². The van der Waals surface area contributed by atoms with Crippen LogP contribution in [0.3, 0.4) is 0 Å². The molecule has 1 aliphatic rings. The number of hydrogen-bond acceptors (Lipinski definition) is 4. The quantitative estimate of drug-likeness (QED) is 0.876. The Morgan fingerprint density at radius 1 is 1.36 bits per heavy atom. The number of nitrogens with zero attached hydrogens (tertiary/aromatic N) is 2. The van der Waals surface area contributed by atoms with E-state index in [0.29, 0.717) is 31.1 Å². The second kappa shape index (κ2) is 7.46. The summed E-state index contributed by atoms with van der Waals surface area (Å²) in [6.07, 6.45) is 1.56. The van der Waals surface area contributed by atoms with Crippen LogP contribution in [0, 0.1) is 17.2 Å². The van der Waals surface area contributed by atoms with Crippen molar-refractivity contribution in [3.05, 3.63) is 29.8 Å². The van der Waals surface area contributed by atoms with Gasteiger partial charge in [0.2, 0.25) is 5.91 Å². The van der Waals surface area contributed by atoms with Crippen molar-refractivity contribution < 1.29 is 14.7 Å². The number of phenols is 1. The normalized spacial score (nSPS) is 15.1. The Morgan fingerprint density at radius 2 is 2.09 bits per heavy atom. The smallest absolute Gasteiger partial charge is 0.251 e. The van der Waals surface area contributed by atoms with Crippen molar-refractivity contribution in [2.24, 2.45) is 5.92 Å². The molecular formula is C16H19N3O3. The molecule has 1 aliphatic heterocycles. The van der Waals surface area contributed by atoms with E-state index in [1.54, 1.807) is 17.0 Å². The van der Waals surface area contributed by atoms with Gasteiger partial charge in [-0.3, -0.25) is 9.59 Å². The van der Waals surface area contributed by atoms with Crippen LogP contribution in [0.4, 0.5) is 0 Å². The monoisotopic (exact) mass is 301 g/mol. The molecule has 0 radical (unpaired) electrons. The van der Waals surface area contributed by atoms with E-state index in [-0.39, 0.29) is 24.0 Å². The molecule has 1 aromatic carbocycles. The molecule has 6 heteroatoms. The molecule has 0 saturated carbocycles. The highest BCUT2D eigenvalue weighted by Crippen LogP contribution is 2.17. The molecule has 0 spiro atoms. The molecular weight excluding hydrogens is 282 g/mol. The summed E-state index contributed by atoms with van der Waals surface area (Å²) in [7, 11) is 0. The van der Waals surface area contributed by atoms with Crippen molar-refractivity contribution in [2.75, 3.05) is 19.6 Å². The molecule has 2 amide bonds. The van der Waals surface area contributed by atoms with Gasteiger partial charge in [-0.05, 0) is 37.0 Å². The van der Waals surface area contributed by atoms with Crippen LogP contribution in [0.1, 0.15) is 29.6 Å². The SMILES string of the molecule is N#CCC(=O)N1CCC(CNC(=O)c2cccc(O)c2)CC1. The molecule has 0 aliphatic carbocycles. The van der Waals surface area contributed by atoms with Gasteiger partial charge < -0.3 is 15.3 Å². The van der Waals surface area contributed by atoms with E-state index in [1.165, 1.54) is 12.1 Å². The van der Waals surface area contributed by atoms with Crippen LogP contribution in [-0.4, -0.2) is 41.5 Å². The maximum atomic E-state index is 12.0. The zero-order chi connectivity index (χ0) is 15.9. The van der Waals surface area contributed by atoms with Crippen LogP contribution in [0.15, 0.2) is 24.3 Å². The lowest BCUT2D eigenvalue weighted by molar-refractivity contribution is -0.131. The number of benzene rings is 1. The Bertz CT molecular complexity index is 587. The van der Waals surface area contributed by atoms with Crippen molar-refractivity contribution in [3.8, 4) is 11.8 Å². The van der Waals surface area contributed by atoms with Crippen molar-refractivity contribution in [3.63, 3.8) is 0 Å². The summed E-state index contributed by atoms with van der Waals surface area (Å²) in [6.45, 7) is 1.81. The minimum Gasteiger partial charge on any atom is -0.508 e. The molecule has 0 bridgehead atoms. The third kappa shape index (κ3) is 4.22. The van der Waals surface area contributed by atoms with E-state index in [9.17, 15) is 14.7 Å². The minimum atomic E-state index is -0.209. The fourth-order valence-corrected chi connectivity index (χ4v) is 2.55. The summed E-state index contributed by atoms with van der Waals surface area (Å²) < 4.78 is 0. The van der Waals surface area contributed by atoms with Gasteiger partial charge in [-0.15, -0.1) is 0 Å². The summed E-state index contributed by atoms with van der Waals surface area (Å²) in [5.74, 6) is 0.0630. The van der Waals surface area contributed by atoms with E-state index in [2.05, 4.69) is 5.32 Å². The third-order valence-electron chi connectivity index (χ3n) is 3.86. The van der Waals surface area contributed by atoms with Crippen LogP contribution >= 0.6 is 0 Å². The molecule has 2 N–H and O–H groups in total. The average Bonchev–Trinajstić information content (AvgIpc) is 2.53. The molecule has 1 heterocycles. The number of hydrogen-bond donors (Lipinski definition) is 2. The largest absolute Gasteiger partial charge is 0.508 e. The Kier molecular flexibility index (Phi) is 5.37. The molecule has 116 valence electrons. The Balaban J connectivity index is 1.76. The van der Waals surface area contributed by atoms with Crippen LogP contribution in [0.5, 0.6) is 5.75 Å². The lowest BCUT2D eigenvalue weighted by Crippen LogP contribution is -2.41. The van der Waals surface area contributed by atoms with Crippen molar-refractivity contribution in [1.82, 2.24) is 10.2 Å². The van der Waals surface area contributed by atoms with E-state index >= 15 is 0 Å². The highest BCUT2D eigenvalue weighted by molar-refractivity contribution is 5.94. The summed E-state index contributed by atoms with van der Waals surface area (Å²) >= 11 is 0. The fraction of sp³-hybridized carbons (Fsp3) is 0.438. The van der Waals surface area contributed by atoms with Crippen LogP contribution in [0.25, 0.3) is 0 Å². The molecule has 0 unspecified atom stereocenters. The third-order valence-corrected chi connectivity index (χ3v) is 3.86. The summed E-state index contributed by atoms with van der Waals surface area (Å²) in [5, 5.41) is 20.8. The van der Waals surface area contributed by atoms with Crippen molar-refractivity contribution in [1.29, 1.82) is 5.26 Å². The maximum Gasteiger partial charge on any atom is 0.251 e. The Morgan fingerprint density at radius 3 is 2.73 bits per heavy atom. The minimum absolute atomic E-state index is 0.0666. The maximum absolute atomic E-state index is 12.0. The first-order chi connectivity index (χ1) is 10.6. The topological polar surface area (TPSA) is 93.4 Å². The van der Waals surface area contributed by atoms with Gasteiger partial charge in [0, 0.05) is 25.2 Å². The van der Waals surface area contributed by atoms with Gasteiger partial charge >= 0.3 is 0 Å². The summed E-state index contributed by atoms with van der Waals surface area (Å²) in [6, 6.07) is 8.10. The summed E-state index contributed by atoms with van der Waals surface area (Å²) in [4.78, 5) is 25.3. The highest BCUT2D eigenvalue weighted by Gasteiger charge is 2.22. The van der Waals surface area contributed by atoms with Crippen LogP contribution < -0.4 is 5.32 Å². The van der Waals surface area contributed by atoms with E-state index in [4.69, 9.17) is 5.26 Å². The van der Waals surface area contributed by atoms with Crippen LogP contribution in [-0.2, 0) is 4.79 Å². The average molecular weight is 301 g/mol. The van der Waals surface area contributed by atoms with Crippen LogP contribution in [0.2, 0.25) is 0 Å². The zero-order valence-electron chi connectivity index (χ0n) is 12.3. The fourth-order valence-electron chi connectivity index (χ4n) is 2.55. The number of likely N-dealkylation sites (tertiary alicyclic amines) is 1. The number of phenolic OH excluding ortho intramolecular Hbond substituents is 1. The predicted octanol–water partition coefficient (Wildman–Crippen LogP) is 1.27. The second-order valence-corrected chi connectivity index (χ2v) is 5.42. The number of nitriles is 1. The van der Waals surface area contributed by atoms with Crippen molar-refractivity contribution in [2.45, 2.75) is 19.3 Å². The van der Waals surface area contributed by atoms with Gasteiger partial charge in [0.05, 0.1) is 6.07 Å². The first kappa shape index (κ1) is 15.8. The molecule has 2 rings (SSSR count). The number of aromatic hydroxyl groups is 1. The highest BCUT2D eigenvalue weighted by atomic mass is 16.3. The molecule has 1 aromatic rings. The van der Waals surface area contributed by atoms with Gasteiger partial charge in [0.15, 0.2) is 0 Å². The first-order valence-electron chi connectivity index (χ1n) is 7.32. The van der Waals surface area contributed by atoms with Crippen molar-refractivity contribution >= 4 is 11.8 Å². The number of carbonyl (C=O) groups excluding carboxylic acids is 2. The number of piperidine rings is 1. The Hall–Kier alpha value is -2.55. The summed E-state index contributed by atoms with van der Waals surface area (Å²) in [5.41, 5.74) is 0.432. The van der Waals surface area contributed by atoms with E-state index < -0.39 is 0 Å². The molecule has 6 nitrogen and oxygen atoms in total.